The van der Waals surface area contributed by atoms with Gasteiger partial charge in [0.1, 0.15) is 5.58 Å². The van der Waals surface area contributed by atoms with E-state index >= 15 is 0 Å². The van der Waals surface area contributed by atoms with Gasteiger partial charge < -0.3 is 13.6 Å². The van der Waals surface area contributed by atoms with Crippen LogP contribution < -0.4 is 0 Å². The summed E-state index contributed by atoms with van der Waals surface area (Å²) in [5, 5.41) is 6.87. The maximum atomic E-state index is 6.95. The standard InChI is InChI=1S/C52H32N4O/c1-4-16-33(17-5-1)42-32-43(54-52(53-42)34-18-6-2-7-19-34)38-24-15-29-49-50(38)39-25-14-28-46(51(39)57-49)56-45-27-13-11-23-37(45)41-30-47-40(31-48(41)56)36-22-10-12-26-44(36)55(47)35-20-8-3-9-21-35/h1-32H. The first-order chi connectivity index (χ1) is 28.3. The van der Waals surface area contributed by atoms with Gasteiger partial charge in [-0.1, -0.05) is 140 Å². The molecule has 12 aromatic rings. The molecular formula is C52H32N4O. The van der Waals surface area contributed by atoms with E-state index in [1.165, 1.54) is 32.6 Å². The van der Waals surface area contributed by atoms with Crippen LogP contribution in [-0.4, -0.2) is 19.1 Å². The first-order valence-electron chi connectivity index (χ1n) is 19.3. The lowest BCUT2D eigenvalue weighted by atomic mass is 10.0. The van der Waals surface area contributed by atoms with Crippen molar-refractivity contribution in [3.05, 3.63) is 194 Å². The average Bonchev–Trinajstić information content (AvgIpc) is 3.94. The molecule has 0 atom stereocenters. The molecule has 0 N–H and O–H groups in total. The van der Waals surface area contributed by atoms with E-state index in [1.807, 2.05) is 36.4 Å². The molecule has 0 amide bonds. The van der Waals surface area contributed by atoms with Crippen LogP contribution in [-0.2, 0) is 0 Å². The zero-order valence-electron chi connectivity index (χ0n) is 30.7. The second-order valence-corrected chi connectivity index (χ2v) is 14.6. The van der Waals surface area contributed by atoms with Crippen LogP contribution in [0.5, 0.6) is 0 Å². The Morgan fingerprint density at radius 1 is 0.386 bits per heavy atom. The minimum atomic E-state index is 0.683. The SMILES string of the molecule is c1ccc(-c2cc(-c3cccc4oc5c(-n6c7ccccc7c7cc8c(cc76)c6ccccc6n8-c6ccccc6)cccc5c34)nc(-c3ccccc3)n2)cc1. The number of fused-ring (bicyclic) bond motifs is 9. The summed E-state index contributed by atoms with van der Waals surface area (Å²) in [7, 11) is 0. The fourth-order valence-electron chi connectivity index (χ4n) is 8.83. The molecule has 0 unspecified atom stereocenters. The number of para-hydroxylation sites is 4. The molecule has 5 nitrogen and oxygen atoms in total. The molecule has 266 valence electrons. The van der Waals surface area contributed by atoms with Crippen molar-refractivity contribution in [3.8, 4) is 45.3 Å². The molecule has 4 aromatic heterocycles. The van der Waals surface area contributed by atoms with Gasteiger partial charge in [0.25, 0.3) is 0 Å². The van der Waals surface area contributed by atoms with Crippen LogP contribution in [0.15, 0.2) is 199 Å². The third-order valence-corrected chi connectivity index (χ3v) is 11.3. The Morgan fingerprint density at radius 3 is 1.67 bits per heavy atom. The summed E-state index contributed by atoms with van der Waals surface area (Å²) < 4.78 is 11.7. The Kier molecular flexibility index (Phi) is 6.86. The summed E-state index contributed by atoms with van der Waals surface area (Å²) >= 11 is 0. The third-order valence-electron chi connectivity index (χ3n) is 11.3. The number of hydrogen-bond donors (Lipinski definition) is 0. The Balaban J connectivity index is 1.12. The molecule has 0 fully saturated rings. The number of benzene rings is 8. The summed E-state index contributed by atoms with van der Waals surface area (Å²) in [5.74, 6) is 0.683. The number of furan rings is 1. The molecule has 0 spiro atoms. The zero-order chi connectivity index (χ0) is 37.5. The summed E-state index contributed by atoms with van der Waals surface area (Å²) in [6, 6.07) is 68.2. The van der Waals surface area contributed by atoms with Crippen LogP contribution in [0.25, 0.3) is 111 Å². The van der Waals surface area contributed by atoms with Crippen molar-refractivity contribution in [3.63, 3.8) is 0 Å². The Morgan fingerprint density at radius 2 is 0.947 bits per heavy atom. The molecule has 4 heterocycles. The van der Waals surface area contributed by atoms with E-state index in [9.17, 15) is 0 Å². The highest BCUT2D eigenvalue weighted by Gasteiger charge is 2.22. The molecule has 0 aliphatic carbocycles. The van der Waals surface area contributed by atoms with Crippen LogP contribution in [0.1, 0.15) is 0 Å². The van der Waals surface area contributed by atoms with E-state index in [4.69, 9.17) is 14.4 Å². The first-order valence-corrected chi connectivity index (χ1v) is 19.3. The highest BCUT2D eigenvalue weighted by atomic mass is 16.3. The number of hydrogen-bond acceptors (Lipinski definition) is 3. The monoisotopic (exact) mass is 728 g/mol. The number of rotatable bonds is 5. The molecule has 0 aliphatic heterocycles. The van der Waals surface area contributed by atoms with Crippen LogP contribution in [0, 0.1) is 0 Å². The largest absolute Gasteiger partial charge is 0.454 e. The quantitative estimate of drug-likeness (QED) is 0.177. The van der Waals surface area contributed by atoms with E-state index in [-0.39, 0.29) is 0 Å². The first kappa shape index (κ1) is 31.6. The van der Waals surface area contributed by atoms with Gasteiger partial charge in [-0.15, -0.1) is 0 Å². The second kappa shape index (κ2) is 12.4. The van der Waals surface area contributed by atoms with E-state index < -0.39 is 0 Å². The molecule has 12 rings (SSSR count). The van der Waals surface area contributed by atoms with Crippen molar-refractivity contribution in [1.29, 1.82) is 0 Å². The van der Waals surface area contributed by atoms with Crippen molar-refractivity contribution in [2.24, 2.45) is 0 Å². The predicted molar refractivity (Wildman–Crippen MR) is 234 cm³/mol. The lowest BCUT2D eigenvalue weighted by Crippen LogP contribution is -1.96. The van der Waals surface area contributed by atoms with Crippen molar-refractivity contribution in [1.82, 2.24) is 19.1 Å². The topological polar surface area (TPSA) is 48.8 Å². The van der Waals surface area contributed by atoms with E-state index in [0.717, 1.165) is 72.4 Å². The van der Waals surface area contributed by atoms with Crippen LogP contribution in [0.2, 0.25) is 0 Å². The molecule has 0 saturated heterocycles. The molecule has 0 aliphatic rings. The van der Waals surface area contributed by atoms with Gasteiger partial charge in [0.05, 0.1) is 39.1 Å². The van der Waals surface area contributed by atoms with Gasteiger partial charge in [-0.25, -0.2) is 9.97 Å². The molecule has 8 aromatic carbocycles. The summed E-state index contributed by atoms with van der Waals surface area (Å²) in [6.07, 6.45) is 0. The minimum Gasteiger partial charge on any atom is -0.454 e. The van der Waals surface area contributed by atoms with Crippen LogP contribution in [0.4, 0.5) is 0 Å². The van der Waals surface area contributed by atoms with Gasteiger partial charge in [-0.2, -0.15) is 0 Å². The van der Waals surface area contributed by atoms with E-state index in [0.29, 0.717) is 5.82 Å². The fraction of sp³-hybridized carbons (Fsp3) is 0. The van der Waals surface area contributed by atoms with Gasteiger partial charge in [-0.05, 0) is 54.6 Å². The summed E-state index contributed by atoms with van der Waals surface area (Å²) in [5.41, 5.74) is 13.1. The maximum Gasteiger partial charge on any atom is 0.160 e. The molecule has 0 saturated carbocycles. The molecule has 5 heteroatoms. The average molecular weight is 729 g/mol. The van der Waals surface area contributed by atoms with Gasteiger partial charge in [0.2, 0.25) is 0 Å². The fourth-order valence-corrected chi connectivity index (χ4v) is 8.83. The lowest BCUT2D eigenvalue weighted by molar-refractivity contribution is 0.666. The smallest absolute Gasteiger partial charge is 0.160 e. The number of nitrogens with zero attached hydrogens (tertiary/aromatic N) is 4. The van der Waals surface area contributed by atoms with Crippen LogP contribution >= 0.6 is 0 Å². The van der Waals surface area contributed by atoms with Gasteiger partial charge >= 0.3 is 0 Å². The summed E-state index contributed by atoms with van der Waals surface area (Å²) in [4.78, 5) is 10.3. The minimum absolute atomic E-state index is 0.683. The Labute approximate surface area is 327 Å². The van der Waals surface area contributed by atoms with Crippen molar-refractivity contribution >= 4 is 65.6 Å². The summed E-state index contributed by atoms with van der Waals surface area (Å²) in [6.45, 7) is 0. The lowest BCUT2D eigenvalue weighted by Gasteiger charge is -2.10. The molecular weight excluding hydrogens is 697 g/mol. The predicted octanol–water partition coefficient (Wildman–Crippen LogP) is 13.6. The van der Waals surface area contributed by atoms with Crippen LogP contribution in [0.3, 0.4) is 0 Å². The van der Waals surface area contributed by atoms with Gasteiger partial charge in [0.15, 0.2) is 11.4 Å². The Hall–Kier alpha value is -7.76. The molecule has 57 heavy (non-hydrogen) atoms. The zero-order valence-corrected chi connectivity index (χ0v) is 30.7. The number of aromatic nitrogens is 4. The third kappa shape index (κ3) is 4.82. The second-order valence-electron chi connectivity index (χ2n) is 14.6. The maximum absolute atomic E-state index is 6.95. The van der Waals surface area contributed by atoms with Crippen molar-refractivity contribution in [2.75, 3.05) is 0 Å². The highest BCUT2D eigenvalue weighted by molar-refractivity contribution is 6.20. The molecule has 0 radical (unpaired) electrons. The highest BCUT2D eigenvalue weighted by Crippen LogP contribution is 2.43. The van der Waals surface area contributed by atoms with Gasteiger partial charge in [-0.3, -0.25) is 0 Å². The van der Waals surface area contributed by atoms with Gasteiger partial charge in [0, 0.05) is 54.7 Å². The molecule has 0 bridgehead atoms. The van der Waals surface area contributed by atoms with E-state index in [2.05, 4.69) is 167 Å². The van der Waals surface area contributed by atoms with Crippen molar-refractivity contribution in [2.45, 2.75) is 0 Å². The Bertz CT molecular complexity index is 3450. The van der Waals surface area contributed by atoms with E-state index in [1.54, 1.807) is 0 Å². The normalized spacial score (nSPS) is 11.9. The van der Waals surface area contributed by atoms with Crippen molar-refractivity contribution < 1.29 is 4.42 Å².